The summed E-state index contributed by atoms with van der Waals surface area (Å²) < 4.78 is 0. The summed E-state index contributed by atoms with van der Waals surface area (Å²) in [6.07, 6.45) is 5.69. The van der Waals surface area contributed by atoms with Crippen molar-refractivity contribution in [2.45, 2.75) is 46.1 Å². The molecule has 3 unspecified atom stereocenters. The van der Waals surface area contributed by atoms with Gasteiger partial charge < -0.3 is 5.11 Å². The topological polar surface area (TPSA) is 20.2 Å². The van der Waals surface area contributed by atoms with Crippen LogP contribution < -0.4 is 0 Å². The Labute approximate surface area is 80.8 Å². The van der Waals surface area contributed by atoms with Crippen molar-refractivity contribution in [2.24, 2.45) is 17.3 Å². The van der Waals surface area contributed by atoms with Gasteiger partial charge in [0.2, 0.25) is 0 Å². The molecule has 0 bridgehead atoms. The molecular formula is C12H20O. The van der Waals surface area contributed by atoms with Crippen molar-refractivity contribution < 1.29 is 5.11 Å². The highest BCUT2D eigenvalue weighted by atomic mass is 16.3. The zero-order valence-corrected chi connectivity index (χ0v) is 8.88. The van der Waals surface area contributed by atoms with Gasteiger partial charge in [0.05, 0.1) is 6.10 Å². The molecule has 13 heavy (non-hydrogen) atoms. The smallest absolute Gasteiger partial charge is 0.0613 e. The molecule has 2 rings (SSSR count). The zero-order chi connectivity index (χ0) is 9.64. The number of allylic oxidation sites excluding steroid dienone is 1. The lowest BCUT2D eigenvalue weighted by molar-refractivity contribution is 0.131. The summed E-state index contributed by atoms with van der Waals surface area (Å²) in [6.45, 7) is 6.79. The van der Waals surface area contributed by atoms with Crippen LogP contribution in [0.5, 0.6) is 0 Å². The predicted octanol–water partition coefficient (Wildman–Crippen LogP) is 2.75. The molecule has 0 heterocycles. The highest BCUT2D eigenvalue weighted by Gasteiger charge is 2.48. The van der Waals surface area contributed by atoms with Crippen molar-refractivity contribution >= 4 is 0 Å². The summed E-state index contributed by atoms with van der Waals surface area (Å²) in [5.41, 5.74) is 1.77. The van der Waals surface area contributed by atoms with Gasteiger partial charge in [0.1, 0.15) is 0 Å². The lowest BCUT2D eigenvalue weighted by atomic mass is 9.71. The van der Waals surface area contributed by atoms with Crippen LogP contribution in [0.3, 0.4) is 0 Å². The molecule has 0 aromatic carbocycles. The molecule has 1 nitrogen and oxygen atoms in total. The number of hydrogen-bond acceptors (Lipinski definition) is 1. The number of aliphatic hydroxyl groups is 1. The summed E-state index contributed by atoms with van der Waals surface area (Å²) >= 11 is 0. The fourth-order valence-electron chi connectivity index (χ4n) is 3.39. The quantitative estimate of drug-likeness (QED) is 0.568. The molecule has 0 spiro atoms. The van der Waals surface area contributed by atoms with Crippen LogP contribution in [-0.4, -0.2) is 11.2 Å². The first kappa shape index (κ1) is 9.26. The van der Waals surface area contributed by atoms with Crippen molar-refractivity contribution in [3.8, 4) is 0 Å². The fraction of sp³-hybridized carbons (Fsp3) is 0.833. The predicted molar refractivity (Wildman–Crippen MR) is 54.4 cm³/mol. The molecule has 0 saturated heterocycles. The van der Waals surface area contributed by atoms with Gasteiger partial charge in [-0.25, -0.2) is 0 Å². The van der Waals surface area contributed by atoms with Gasteiger partial charge in [-0.3, -0.25) is 0 Å². The van der Waals surface area contributed by atoms with Crippen LogP contribution in [-0.2, 0) is 0 Å². The Morgan fingerprint density at radius 1 is 1.46 bits per heavy atom. The van der Waals surface area contributed by atoms with Crippen LogP contribution in [0, 0.1) is 17.3 Å². The molecular weight excluding hydrogens is 160 g/mol. The van der Waals surface area contributed by atoms with Gasteiger partial charge in [-0.1, -0.05) is 25.5 Å². The minimum atomic E-state index is -0.0865. The summed E-state index contributed by atoms with van der Waals surface area (Å²) in [5.74, 6) is 1.18. The van der Waals surface area contributed by atoms with Crippen molar-refractivity contribution in [2.75, 3.05) is 0 Å². The highest BCUT2D eigenvalue weighted by Crippen LogP contribution is 2.53. The normalized spacial score (nSPS) is 42.8. The third-order valence-corrected chi connectivity index (χ3v) is 4.06. The number of rotatable bonds is 0. The van der Waals surface area contributed by atoms with Crippen molar-refractivity contribution in [1.29, 1.82) is 0 Å². The minimum Gasteiger partial charge on any atom is -0.392 e. The first-order valence-corrected chi connectivity index (χ1v) is 5.37. The Morgan fingerprint density at radius 2 is 2.15 bits per heavy atom. The molecule has 0 aromatic rings. The van der Waals surface area contributed by atoms with Crippen LogP contribution in [0.2, 0.25) is 0 Å². The van der Waals surface area contributed by atoms with Gasteiger partial charge in [-0.05, 0) is 37.5 Å². The first-order chi connectivity index (χ1) is 6.02. The van der Waals surface area contributed by atoms with Crippen LogP contribution in [0.1, 0.15) is 40.0 Å². The molecule has 0 radical (unpaired) electrons. The van der Waals surface area contributed by atoms with E-state index < -0.39 is 0 Å². The molecule has 2 aliphatic rings. The maximum Gasteiger partial charge on any atom is 0.0613 e. The van der Waals surface area contributed by atoms with Gasteiger partial charge in [-0.2, -0.15) is 0 Å². The van der Waals surface area contributed by atoms with Crippen molar-refractivity contribution in [3.05, 3.63) is 11.6 Å². The molecule has 0 aliphatic heterocycles. The first-order valence-electron chi connectivity index (χ1n) is 5.37. The SMILES string of the molecule is CC1=CCCC2C1C(O)CC2(C)C. The Kier molecular flexibility index (Phi) is 2.03. The largest absolute Gasteiger partial charge is 0.392 e. The summed E-state index contributed by atoms with van der Waals surface area (Å²) in [4.78, 5) is 0. The molecule has 3 atom stereocenters. The van der Waals surface area contributed by atoms with Gasteiger partial charge in [0, 0.05) is 5.92 Å². The van der Waals surface area contributed by atoms with E-state index in [1.165, 1.54) is 18.4 Å². The van der Waals surface area contributed by atoms with Crippen LogP contribution in [0.25, 0.3) is 0 Å². The Hall–Kier alpha value is -0.300. The van der Waals surface area contributed by atoms with Crippen LogP contribution in [0.15, 0.2) is 11.6 Å². The van der Waals surface area contributed by atoms with Gasteiger partial charge in [0.25, 0.3) is 0 Å². The number of hydrogen-bond donors (Lipinski definition) is 1. The fourth-order valence-corrected chi connectivity index (χ4v) is 3.39. The van der Waals surface area contributed by atoms with Gasteiger partial charge in [-0.15, -0.1) is 0 Å². The van der Waals surface area contributed by atoms with E-state index in [1.807, 2.05) is 0 Å². The Morgan fingerprint density at radius 3 is 2.77 bits per heavy atom. The maximum atomic E-state index is 9.99. The van der Waals surface area contributed by atoms with E-state index in [-0.39, 0.29) is 6.10 Å². The molecule has 0 amide bonds. The third kappa shape index (κ3) is 1.34. The van der Waals surface area contributed by atoms with Gasteiger partial charge in [0.15, 0.2) is 0 Å². The van der Waals surface area contributed by atoms with E-state index >= 15 is 0 Å². The number of aliphatic hydroxyl groups excluding tert-OH is 1. The average Bonchev–Trinajstić information content (AvgIpc) is 2.24. The van der Waals surface area contributed by atoms with E-state index in [0.29, 0.717) is 17.3 Å². The second-order valence-electron chi connectivity index (χ2n) is 5.42. The van der Waals surface area contributed by atoms with E-state index in [9.17, 15) is 5.11 Å². The number of fused-ring (bicyclic) bond motifs is 1. The Balaban J connectivity index is 2.31. The lowest BCUT2D eigenvalue weighted by Gasteiger charge is -2.33. The second-order valence-corrected chi connectivity index (χ2v) is 5.42. The van der Waals surface area contributed by atoms with Crippen LogP contribution >= 0.6 is 0 Å². The highest BCUT2D eigenvalue weighted by molar-refractivity contribution is 5.17. The van der Waals surface area contributed by atoms with Crippen LogP contribution in [0.4, 0.5) is 0 Å². The molecule has 74 valence electrons. The minimum absolute atomic E-state index is 0.0865. The second kappa shape index (κ2) is 2.84. The van der Waals surface area contributed by atoms with Crippen molar-refractivity contribution in [1.82, 2.24) is 0 Å². The van der Waals surface area contributed by atoms with E-state index in [0.717, 1.165) is 6.42 Å². The monoisotopic (exact) mass is 180 g/mol. The summed E-state index contributed by atoms with van der Waals surface area (Å²) in [6, 6.07) is 0. The summed E-state index contributed by atoms with van der Waals surface area (Å²) in [5, 5.41) is 9.99. The maximum absolute atomic E-state index is 9.99. The third-order valence-electron chi connectivity index (χ3n) is 4.06. The molecule has 0 aromatic heterocycles. The molecule has 2 aliphatic carbocycles. The molecule has 1 heteroatoms. The van der Waals surface area contributed by atoms with Crippen molar-refractivity contribution in [3.63, 3.8) is 0 Å². The standard InChI is InChI=1S/C12H20O/c1-8-5-4-6-9-11(8)10(13)7-12(9,2)3/h5,9-11,13H,4,6-7H2,1-3H3. The molecule has 1 saturated carbocycles. The van der Waals surface area contributed by atoms with E-state index in [4.69, 9.17) is 0 Å². The van der Waals surface area contributed by atoms with E-state index in [2.05, 4.69) is 26.8 Å². The lowest BCUT2D eigenvalue weighted by Crippen LogP contribution is -2.26. The summed E-state index contributed by atoms with van der Waals surface area (Å²) in [7, 11) is 0. The van der Waals surface area contributed by atoms with Gasteiger partial charge >= 0.3 is 0 Å². The molecule has 1 N–H and O–H groups in total. The Bertz CT molecular complexity index is 240. The van der Waals surface area contributed by atoms with E-state index in [1.54, 1.807) is 0 Å². The average molecular weight is 180 g/mol. The zero-order valence-electron chi connectivity index (χ0n) is 8.88. The molecule has 1 fully saturated rings.